The SMILES string of the molecule is COCCC(=O)N1CCC[C@@H](c2nc(C)c(CC(=O)NC3CCCCC3)c(C)n2)C1. The molecule has 7 nitrogen and oxygen atoms in total. The van der Waals surface area contributed by atoms with E-state index in [2.05, 4.69) is 5.32 Å². The number of ether oxygens (including phenoxy) is 1. The van der Waals surface area contributed by atoms with Crippen molar-refractivity contribution in [3.8, 4) is 0 Å². The molecule has 1 aliphatic carbocycles. The van der Waals surface area contributed by atoms with E-state index in [-0.39, 0.29) is 17.7 Å². The molecule has 0 aromatic carbocycles. The van der Waals surface area contributed by atoms with Crippen LogP contribution < -0.4 is 5.32 Å². The maximum atomic E-state index is 12.6. The average molecular weight is 417 g/mol. The van der Waals surface area contributed by atoms with Crippen molar-refractivity contribution in [1.29, 1.82) is 0 Å². The molecule has 1 aliphatic heterocycles. The number of rotatable bonds is 7. The number of nitrogens with zero attached hydrogens (tertiary/aromatic N) is 3. The summed E-state index contributed by atoms with van der Waals surface area (Å²) in [6.07, 6.45) is 8.53. The predicted octanol–water partition coefficient (Wildman–Crippen LogP) is 2.83. The molecule has 2 aliphatic rings. The zero-order chi connectivity index (χ0) is 21.5. The zero-order valence-corrected chi connectivity index (χ0v) is 18.7. The number of amides is 2. The highest BCUT2D eigenvalue weighted by atomic mass is 16.5. The van der Waals surface area contributed by atoms with Crippen LogP contribution in [-0.2, 0) is 20.7 Å². The minimum atomic E-state index is 0.0667. The largest absolute Gasteiger partial charge is 0.384 e. The van der Waals surface area contributed by atoms with Crippen molar-refractivity contribution in [2.45, 2.75) is 83.6 Å². The number of hydrogen-bond acceptors (Lipinski definition) is 5. The molecule has 0 spiro atoms. The summed E-state index contributed by atoms with van der Waals surface area (Å²) in [4.78, 5) is 36.4. The van der Waals surface area contributed by atoms with Crippen LogP contribution in [0.25, 0.3) is 0 Å². The minimum absolute atomic E-state index is 0.0667. The maximum Gasteiger partial charge on any atom is 0.224 e. The van der Waals surface area contributed by atoms with Gasteiger partial charge in [0.1, 0.15) is 5.82 Å². The fourth-order valence-corrected chi connectivity index (χ4v) is 4.65. The number of methoxy groups -OCH3 is 1. The Morgan fingerprint density at radius 1 is 1.07 bits per heavy atom. The van der Waals surface area contributed by atoms with Gasteiger partial charge in [0, 0.05) is 49.1 Å². The van der Waals surface area contributed by atoms with Crippen molar-refractivity contribution in [3.63, 3.8) is 0 Å². The lowest BCUT2D eigenvalue weighted by Crippen LogP contribution is -2.40. The Balaban J connectivity index is 1.63. The molecule has 1 aromatic heterocycles. The van der Waals surface area contributed by atoms with Crippen LogP contribution in [0.15, 0.2) is 0 Å². The van der Waals surface area contributed by atoms with E-state index in [1.54, 1.807) is 7.11 Å². The topological polar surface area (TPSA) is 84.4 Å². The van der Waals surface area contributed by atoms with Crippen molar-refractivity contribution in [2.24, 2.45) is 0 Å². The molecule has 7 heteroatoms. The standard InChI is InChI=1S/C23H36N4O3/c1-16-20(14-21(28)26-19-9-5-4-6-10-19)17(2)25-23(24-16)18-8-7-12-27(15-18)22(29)11-13-30-3/h18-19H,4-15H2,1-3H3,(H,26,28)/t18-/m1/s1. The van der Waals surface area contributed by atoms with Gasteiger partial charge in [0.05, 0.1) is 19.4 Å². The van der Waals surface area contributed by atoms with E-state index in [1.165, 1.54) is 19.3 Å². The molecule has 2 heterocycles. The average Bonchev–Trinajstić information content (AvgIpc) is 2.75. The minimum Gasteiger partial charge on any atom is -0.384 e. The van der Waals surface area contributed by atoms with Crippen molar-refractivity contribution in [1.82, 2.24) is 20.2 Å². The number of nitrogens with one attached hydrogen (secondary N) is 1. The van der Waals surface area contributed by atoms with E-state index in [1.807, 2.05) is 18.7 Å². The Hall–Kier alpha value is -2.02. The van der Waals surface area contributed by atoms with Crippen LogP contribution in [0.4, 0.5) is 0 Å². The van der Waals surface area contributed by atoms with E-state index in [4.69, 9.17) is 14.7 Å². The lowest BCUT2D eigenvalue weighted by molar-refractivity contribution is -0.133. The van der Waals surface area contributed by atoms with Gasteiger partial charge < -0.3 is 15.0 Å². The smallest absolute Gasteiger partial charge is 0.224 e. The highest BCUT2D eigenvalue weighted by Gasteiger charge is 2.27. The summed E-state index contributed by atoms with van der Waals surface area (Å²) in [6.45, 7) is 5.82. The van der Waals surface area contributed by atoms with Crippen LogP contribution in [0, 0.1) is 13.8 Å². The quantitative estimate of drug-likeness (QED) is 0.739. The fourth-order valence-electron chi connectivity index (χ4n) is 4.65. The number of piperidine rings is 1. The Morgan fingerprint density at radius 2 is 1.77 bits per heavy atom. The summed E-state index contributed by atoms with van der Waals surface area (Å²) >= 11 is 0. The highest BCUT2D eigenvalue weighted by molar-refractivity contribution is 5.79. The number of hydrogen-bond donors (Lipinski definition) is 1. The second-order valence-corrected chi connectivity index (χ2v) is 8.73. The second kappa shape index (κ2) is 10.8. The Kier molecular flexibility index (Phi) is 8.19. The normalized spacial score (nSPS) is 20.2. The molecule has 1 aromatic rings. The lowest BCUT2D eigenvalue weighted by Gasteiger charge is -2.32. The molecule has 30 heavy (non-hydrogen) atoms. The van der Waals surface area contributed by atoms with Crippen molar-refractivity contribution >= 4 is 11.8 Å². The maximum absolute atomic E-state index is 12.6. The third-order valence-corrected chi connectivity index (χ3v) is 6.40. The van der Waals surface area contributed by atoms with Crippen LogP contribution in [-0.4, -0.2) is 59.5 Å². The Morgan fingerprint density at radius 3 is 2.43 bits per heavy atom. The number of aromatic nitrogens is 2. The number of aryl methyl sites for hydroxylation is 2. The molecule has 166 valence electrons. The monoisotopic (exact) mass is 416 g/mol. The van der Waals surface area contributed by atoms with Crippen molar-refractivity contribution in [2.75, 3.05) is 26.8 Å². The molecular weight excluding hydrogens is 380 g/mol. The number of likely N-dealkylation sites (tertiary alicyclic amines) is 1. The van der Waals surface area contributed by atoms with Gasteiger partial charge in [0.2, 0.25) is 11.8 Å². The molecular formula is C23H36N4O3. The molecule has 2 fully saturated rings. The van der Waals surface area contributed by atoms with Crippen LogP contribution in [0.1, 0.15) is 80.1 Å². The molecule has 0 radical (unpaired) electrons. The molecule has 2 amide bonds. The fraction of sp³-hybridized carbons (Fsp3) is 0.739. The molecule has 1 N–H and O–H groups in total. The third-order valence-electron chi connectivity index (χ3n) is 6.40. The molecule has 3 rings (SSSR count). The van der Waals surface area contributed by atoms with E-state index < -0.39 is 0 Å². The van der Waals surface area contributed by atoms with E-state index in [0.29, 0.717) is 32.0 Å². The zero-order valence-electron chi connectivity index (χ0n) is 18.7. The first-order chi connectivity index (χ1) is 14.5. The van der Waals surface area contributed by atoms with Crippen LogP contribution in [0.5, 0.6) is 0 Å². The Bertz CT molecular complexity index is 723. The number of carbonyl (C=O) groups excluding carboxylic acids is 2. The van der Waals surface area contributed by atoms with Gasteiger partial charge in [-0.05, 0) is 39.5 Å². The van der Waals surface area contributed by atoms with Gasteiger partial charge in [-0.3, -0.25) is 9.59 Å². The van der Waals surface area contributed by atoms with Gasteiger partial charge in [0.15, 0.2) is 0 Å². The molecule has 1 saturated carbocycles. The summed E-state index contributed by atoms with van der Waals surface area (Å²) in [6, 6.07) is 0.316. The van der Waals surface area contributed by atoms with Gasteiger partial charge in [-0.2, -0.15) is 0 Å². The first-order valence-electron chi connectivity index (χ1n) is 11.4. The molecule has 1 saturated heterocycles. The van der Waals surface area contributed by atoms with Gasteiger partial charge in [0.25, 0.3) is 0 Å². The second-order valence-electron chi connectivity index (χ2n) is 8.73. The first kappa shape index (κ1) is 22.7. The number of carbonyl (C=O) groups is 2. The van der Waals surface area contributed by atoms with Gasteiger partial charge in [-0.25, -0.2) is 9.97 Å². The first-order valence-corrected chi connectivity index (χ1v) is 11.4. The highest BCUT2D eigenvalue weighted by Crippen LogP contribution is 2.26. The van der Waals surface area contributed by atoms with Gasteiger partial charge in [-0.15, -0.1) is 0 Å². The Labute approximate surface area is 180 Å². The van der Waals surface area contributed by atoms with E-state index in [0.717, 1.165) is 55.0 Å². The molecule has 0 unspecified atom stereocenters. The summed E-state index contributed by atoms with van der Waals surface area (Å²) in [5, 5.41) is 3.19. The van der Waals surface area contributed by atoms with Crippen LogP contribution >= 0.6 is 0 Å². The van der Waals surface area contributed by atoms with Crippen molar-refractivity contribution < 1.29 is 14.3 Å². The third kappa shape index (κ3) is 6.00. The van der Waals surface area contributed by atoms with Gasteiger partial charge in [-0.1, -0.05) is 19.3 Å². The summed E-state index contributed by atoms with van der Waals surface area (Å²) in [5.74, 6) is 1.14. The van der Waals surface area contributed by atoms with Gasteiger partial charge >= 0.3 is 0 Å². The lowest BCUT2D eigenvalue weighted by atomic mass is 9.95. The van der Waals surface area contributed by atoms with Crippen LogP contribution in [0.2, 0.25) is 0 Å². The summed E-state index contributed by atoms with van der Waals surface area (Å²) in [7, 11) is 1.61. The van der Waals surface area contributed by atoms with Crippen molar-refractivity contribution in [3.05, 3.63) is 22.8 Å². The summed E-state index contributed by atoms with van der Waals surface area (Å²) < 4.78 is 5.03. The van der Waals surface area contributed by atoms with Crippen LogP contribution in [0.3, 0.4) is 0 Å². The van der Waals surface area contributed by atoms with E-state index in [9.17, 15) is 9.59 Å². The molecule has 0 bridgehead atoms. The summed E-state index contributed by atoms with van der Waals surface area (Å²) in [5.41, 5.74) is 2.68. The van der Waals surface area contributed by atoms with E-state index >= 15 is 0 Å². The molecule has 1 atom stereocenters. The predicted molar refractivity (Wildman–Crippen MR) is 115 cm³/mol.